The number of benzene rings is 1. The number of piperidine rings is 1. The normalized spacial score (nSPS) is 18.0. The second-order valence-corrected chi connectivity index (χ2v) is 7.63. The molecule has 7 heteroatoms. The number of ether oxygens (including phenoxy) is 1. The van der Waals surface area contributed by atoms with Crippen LogP contribution in [0.5, 0.6) is 5.75 Å². The van der Waals surface area contributed by atoms with Gasteiger partial charge in [0.15, 0.2) is 0 Å². The molecule has 7 nitrogen and oxygen atoms in total. The number of hydrogen-bond acceptors (Lipinski definition) is 6. The van der Waals surface area contributed by atoms with Crippen LogP contribution in [-0.4, -0.2) is 40.9 Å². The van der Waals surface area contributed by atoms with Crippen molar-refractivity contribution in [2.75, 3.05) is 18.0 Å². The molecule has 0 radical (unpaired) electrons. The minimum Gasteiger partial charge on any atom is -0.508 e. The fourth-order valence-corrected chi connectivity index (χ4v) is 3.07. The van der Waals surface area contributed by atoms with E-state index in [4.69, 9.17) is 4.74 Å². The van der Waals surface area contributed by atoms with Gasteiger partial charge in [-0.15, -0.1) is 0 Å². The molecule has 2 aromatic rings. The van der Waals surface area contributed by atoms with Crippen LogP contribution in [0.3, 0.4) is 0 Å². The predicted octanol–water partition coefficient (Wildman–Crippen LogP) is 2.94. The molecule has 3 rings (SSSR count). The Morgan fingerprint density at radius 2 is 2.15 bits per heavy atom. The molecule has 1 fully saturated rings. The standard InChI is InChI=1S/C19H26N4O3/c1-19(2,3)26-18(25)22-21-14-5-4-8-23(12-14)15-9-13-10-16(24)6-7-17(13)20-11-15/h6-7,9-11,14,21,24H,4-5,8,12H2,1-3H3,(H,22,25). The summed E-state index contributed by atoms with van der Waals surface area (Å²) in [6.07, 6.45) is 3.35. The summed E-state index contributed by atoms with van der Waals surface area (Å²) in [6, 6.07) is 7.32. The Morgan fingerprint density at radius 1 is 1.35 bits per heavy atom. The maximum Gasteiger partial charge on any atom is 0.422 e. The van der Waals surface area contributed by atoms with Crippen molar-refractivity contribution in [1.82, 2.24) is 15.8 Å². The van der Waals surface area contributed by atoms with Gasteiger partial charge in [-0.3, -0.25) is 10.4 Å². The van der Waals surface area contributed by atoms with Gasteiger partial charge in [0.05, 0.1) is 17.4 Å². The number of pyridine rings is 1. The largest absolute Gasteiger partial charge is 0.508 e. The van der Waals surface area contributed by atoms with E-state index < -0.39 is 11.7 Å². The van der Waals surface area contributed by atoms with Crippen molar-refractivity contribution in [1.29, 1.82) is 0 Å². The number of carbonyl (C=O) groups excluding carboxylic acids is 1. The first-order chi connectivity index (χ1) is 12.3. The van der Waals surface area contributed by atoms with E-state index in [1.54, 1.807) is 18.2 Å². The smallest absolute Gasteiger partial charge is 0.422 e. The summed E-state index contributed by atoms with van der Waals surface area (Å²) in [5.74, 6) is 0.233. The summed E-state index contributed by atoms with van der Waals surface area (Å²) >= 11 is 0. The number of fused-ring (bicyclic) bond motifs is 1. The van der Waals surface area contributed by atoms with E-state index in [0.29, 0.717) is 0 Å². The van der Waals surface area contributed by atoms with Crippen LogP contribution < -0.4 is 15.8 Å². The summed E-state index contributed by atoms with van der Waals surface area (Å²) in [5, 5.41) is 10.6. The van der Waals surface area contributed by atoms with Crippen molar-refractivity contribution in [2.45, 2.75) is 45.3 Å². The van der Waals surface area contributed by atoms with Crippen LogP contribution in [0.1, 0.15) is 33.6 Å². The lowest BCUT2D eigenvalue weighted by molar-refractivity contribution is 0.0485. The summed E-state index contributed by atoms with van der Waals surface area (Å²) in [6.45, 7) is 7.18. The van der Waals surface area contributed by atoms with Gasteiger partial charge >= 0.3 is 6.09 Å². The minimum atomic E-state index is -0.521. The van der Waals surface area contributed by atoms with Gasteiger partial charge in [-0.05, 0) is 57.9 Å². The lowest BCUT2D eigenvalue weighted by Crippen LogP contribution is -2.53. The zero-order valence-electron chi connectivity index (χ0n) is 15.5. The third kappa shape index (κ3) is 4.76. The van der Waals surface area contributed by atoms with Crippen LogP contribution in [0.25, 0.3) is 10.9 Å². The van der Waals surface area contributed by atoms with Crippen molar-refractivity contribution < 1.29 is 14.6 Å². The average Bonchev–Trinajstić information content (AvgIpc) is 2.58. The molecule has 1 saturated heterocycles. The zero-order chi connectivity index (χ0) is 18.7. The van der Waals surface area contributed by atoms with Gasteiger partial charge in [-0.25, -0.2) is 10.2 Å². The molecular formula is C19H26N4O3. The fourth-order valence-electron chi connectivity index (χ4n) is 3.07. The molecule has 1 amide bonds. The third-order valence-corrected chi connectivity index (χ3v) is 4.21. The molecule has 0 bridgehead atoms. The maximum atomic E-state index is 11.8. The molecule has 1 aliphatic rings. The third-order valence-electron chi connectivity index (χ3n) is 4.21. The van der Waals surface area contributed by atoms with Gasteiger partial charge in [0.25, 0.3) is 0 Å². The van der Waals surface area contributed by atoms with Crippen molar-refractivity contribution in [2.24, 2.45) is 0 Å². The molecule has 1 aromatic heterocycles. The van der Waals surface area contributed by atoms with Gasteiger partial charge in [0, 0.05) is 24.5 Å². The fraction of sp³-hybridized carbons (Fsp3) is 0.474. The number of anilines is 1. The van der Waals surface area contributed by atoms with Crippen LogP contribution in [0.2, 0.25) is 0 Å². The topological polar surface area (TPSA) is 86.7 Å². The molecule has 0 spiro atoms. The van der Waals surface area contributed by atoms with E-state index in [9.17, 15) is 9.90 Å². The number of carbonyl (C=O) groups is 1. The molecule has 1 aromatic carbocycles. The van der Waals surface area contributed by atoms with Gasteiger partial charge in [0.2, 0.25) is 0 Å². The Kier molecular flexibility index (Phi) is 5.18. The lowest BCUT2D eigenvalue weighted by Gasteiger charge is -2.34. The molecule has 26 heavy (non-hydrogen) atoms. The highest BCUT2D eigenvalue weighted by Crippen LogP contribution is 2.25. The SMILES string of the molecule is CC(C)(C)OC(=O)NNC1CCCN(c2cnc3ccc(O)cc3c2)C1. The number of amides is 1. The van der Waals surface area contributed by atoms with Crippen LogP contribution >= 0.6 is 0 Å². The molecule has 1 unspecified atom stereocenters. The summed E-state index contributed by atoms with van der Waals surface area (Å²) in [5.41, 5.74) is 7.03. The Balaban J connectivity index is 1.62. The first kappa shape index (κ1) is 18.3. The molecule has 3 N–H and O–H groups in total. The van der Waals surface area contributed by atoms with Crippen LogP contribution in [-0.2, 0) is 4.74 Å². The number of rotatable bonds is 3. The number of nitrogens with one attached hydrogen (secondary N) is 2. The number of aromatic hydroxyl groups is 1. The Bertz CT molecular complexity index is 788. The van der Waals surface area contributed by atoms with Crippen LogP contribution in [0.15, 0.2) is 30.5 Å². The highest BCUT2D eigenvalue weighted by atomic mass is 16.6. The number of aromatic nitrogens is 1. The highest BCUT2D eigenvalue weighted by Gasteiger charge is 2.22. The molecular weight excluding hydrogens is 332 g/mol. The molecule has 0 aliphatic carbocycles. The quantitative estimate of drug-likeness (QED) is 0.732. The lowest BCUT2D eigenvalue weighted by atomic mass is 10.1. The van der Waals surface area contributed by atoms with E-state index in [1.165, 1.54) is 0 Å². The number of hydrazine groups is 1. The van der Waals surface area contributed by atoms with Crippen LogP contribution in [0.4, 0.5) is 10.5 Å². The van der Waals surface area contributed by atoms with E-state index in [1.807, 2.05) is 33.0 Å². The number of hydrogen-bond donors (Lipinski definition) is 3. The number of phenolic OH excluding ortho intramolecular Hbond substituents is 1. The monoisotopic (exact) mass is 358 g/mol. The van der Waals surface area contributed by atoms with E-state index in [-0.39, 0.29) is 11.8 Å². The Labute approximate surface area is 153 Å². The molecule has 140 valence electrons. The molecule has 1 atom stereocenters. The van der Waals surface area contributed by atoms with Gasteiger partial charge in [-0.2, -0.15) is 0 Å². The maximum absolute atomic E-state index is 11.8. The van der Waals surface area contributed by atoms with E-state index in [2.05, 4.69) is 20.7 Å². The van der Waals surface area contributed by atoms with Crippen molar-refractivity contribution >= 4 is 22.7 Å². The average molecular weight is 358 g/mol. The summed E-state index contributed by atoms with van der Waals surface area (Å²) < 4.78 is 5.24. The van der Waals surface area contributed by atoms with Gasteiger partial charge in [0.1, 0.15) is 11.4 Å². The van der Waals surface area contributed by atoms with Crippen LogP contribution in [0, 0.1) is 0 Å². The van der Waals surface area contributed by atoms with Gasteiger partial charge < -0.3 is 14.7 Å². The molecule has 2 heterocycles. The Hall–Kier alpha value is -2.54. The van der Waals surface area contributed by atoms with Crippen molar-refractivity contribution in [3.05, 3.63) is 30.5 Å². The second-order valence-electron chi connectivity index (χ2n) is 7.63. The second kappa shape index (κ2) is 7.37. The minimum absolute atomic E-state index is 0.121. The number of phenols is 1. The van der Waals surface area contributed by atoms with E-state index in [0.717, 1.165) is 42.5 Å². The number of nitrogens with zero attached hydrogens (tertiary/aromatic N) is 2. The van der Waals surface area contributed by atoms with Crippen molar-refractivity contribution in [3.63, 3.8) is 0 Å². The Morgan fingerprint density at radius 3 is 2.92 bits per heavy atom. The first-order valence-electron chi connectivity index (χ1n) is 8.88. The van der Waals surface area contributed by atoms with Crippen molar-refractivity contribution in [3.8, 4) is 5.75 Å². The predicted molar refractivity (Wildman–Crippen MR) is 101 cm³/mol. The van der Waals surface area contributed by atoms with E-state index >= 15 is 0 Å². The molecule has 1 aliphatic heterocycles. The highest BCUT2D eigenvalue weighted by molar-refractivity contribution is 5.83. The van der Waals surface area contributed by atoms with Gasteiger partial charge in [-0.1, -0.05) is 0 Å². The summed E-state index contributed by atoms with van der Waals surface area (Å²) in [7, 11) is 0. The summed E-state index contributed by atoms with van der Waals surface area (Å²) in [4.78, 5) is 18.5. The first-order valence-corrected chi connectivity index (χ1v) is 8.88. The molecule has 0 saturated carbocycles. The zero-order valence-corrected chi connectivity index (χ0v) is 15.5.